The Labute approximate surface area is 81.7 Å². The lowest BCUT2D eigenvalue weighted by molar-refractivity contribution is 0.162. The molecule has 0 aliphatic carbocycles. The fourth-order valence-corrected chi connectivity index (χ4v) is 3.24. The van der Waals surface area contributed by atoms with Gasteiger partial charge in [0.25, 0.3) is 0 Å². The maximum atomic E-state index is 3.52. The van der Waals surface area contributed by atoms with Gasteiger partial charge in [0.15, 0.2) is 0 Å². The maximum Gasteiger partial charge on any atom is 0.0151 e. The Bertz CT molecular complexity index is 165. The number of nitrogens with zero attached hydrogens (tertiary/aromatic N) is 1. The zero-order chi connectivity index (χ0) is 9.26. The molecular weight excluding hydrogens is 160 g/mol. The fraction of sp³-hybridized carbons (Fsp3) is 1.00. The molecule has 0 spiro atoms. The number of likely N-dealkylation sites (tertiary alicyclic amines) is 1. The van der Waals surface area contributed by atoms with Crippen LogP contribution in [-0.4, -0.2) is 36.6 Å². The zero-order valence-electron chi connectivity index (χ0n) is 8.92. The van der Waals surface area contributed by atoms with Gasteiger partial charge in [-0.15, -0.1) is 0 Å². The van der Waals surface area contributed by atoms with Crippen molar-refractivity contribution in [1.82, 2.24) is 10.2 Å². The van der Waals surface area contributed by atoms with Gasteiger partial charge in [-0.3, -0.25) is 4.90 Å². The van der Waals surface area contributed by atoms with Crippen molar-refractivity contribution in [2.45, 2.75) is 45.2 Å². The van der Waals surface area contributed by atoms with Crippen LogP contribution in [0.3, 0.4) is 0 Å². The topological polar surface area (TPSA) is 15.3 Å². The number of rotatable bonds is 2. The van der Waals surface area contributed by atoms with Gasteiger partial charge in [0, 0.05) is 12.1 Å². The highest BCUT2D eigenvalue weighted by atomic mass is 15.2. The van der Waals surface area contributed by atoms with Crippen molar-refractivity contribution in [2.75, 3.05) is 19.6 Å². The second-order valence-corrected chi connectivity index (χ2v) is 4.45. The molecule has 3 unspecified atom stereocenters. The monoisotopic (exact) mass is 182 g/mol. The molecule has 0 radical (unpaired) electrons. The Hall–Kier alpha value is -0.0800. The predicted octanol–water partition coefficient (Wildman–Crippen LogP) is 1.47. The van der Waals surface area contributed by atoms with E-state index < -0.39 is 0 Å². The molecule has 2 heterocycles. The van der Waals surface area contributed by atoms with Crippen LogP contribution in [0.5, 0.6) is 0 Å². The summed E-state index contributed by atoms with van der Waals surface area (Å²) in [5, 5.41) is 3.52. The normalized spacial score (nSPS) is 40.6. The second kappa shape index (κ2) is 3.97. The molecule has 2 nitrogen and oxygen atoms in total. The van der Waals surface area contributed by atoms with E-state index in [2.05, 4.69) is 24.1 Å². The molecule has 2 saturated heterocycles. The summed E-state index contributed by atoms with van der Waals surface area (Å²) in [6.45, 7) is 8.39. The van der Waals surface area contributed by atoms with Crippen molar-refractivity contribution in [3.63, 3.8) is 0 Å². The average Bonchev–Trinajstić information content (AvgIpc) is 2.55. The molecule has 76 valence electrons. The standard InChI is InChI=1S/C11H22N2/c1-3-10-7-9-8-12-6-5-11(9)13(10)4-2/h9-12H,3-8H2,1-2H3. The van der Waals surface area contributed by atoms with Crippen LogP contribution in [0, 0.1) is 5.92 Å². The third-order valence-corrected chi connectivity index (χ3v) is 3.87. The predicted molar refractivity (Wildman–Crippen MR) is 55.8 cm³/mol. The third-order valence-electron chi connectivity index (χ3n) is 3.87. The van der Waals surface area contributed by atoms with Gasteiger partial charge in [0.05, 0.1) is 0 Å². The minimum Gasteiger partial charge on any atom is -0.316 e. The minimum atomic E-state index is 0.875. The summed E-state index contributed by atoms with van der Waals surface area (Å²) in [5.74, 6) is 0.943. The van der Waals surface area contributed by atoms with Crippen molar-refractivity contribution in [3.05, 3.63) is 0 Å². The molecule has 2 aliphatic heterocycles. The van der Waals surface area contributed by atoms with Crippen molar-refractivity contribution in [1.29, 1.82) is 0 Å². The summed E-state index contributed by atoms with van der Waals surface area (Å²) >= 11 is 0. The summed E-state index contributed by atoms with van der Waals surface area (Å²) in [5.41, 5.74) is 0. The fourth-order valence-electron chi connectivity index (χ4n) is 3.24. The largest absolute Gasteiger partial charge is 0.316 e. The average molecular weight is 182 g/mol. The van der Waals surface area contributed by atoms with E-state index in [1.54, 1.807) is 0 Å². The lowest BCUT2D eigenvalue weighted by atomic mass is 9.93. The highest BCUT2D eigenvalue weighted by molar-refractivity contribution is 4.96. The summed E-state index contributed by atoms with van der Waals surface area (Å²) in [7, 11) is 0. The van der Waals surface area contributed by atoms with Crippen LogP contribution in [0.4, 0.5) is 0 Å². The van der Waals surface area contributed by atoms with Crippen LogP contribution in [0.2, 0.25) is 0 Å². The molecule has 2 heteroatoms. The molecule has 1 N–H and O–H groups in total. The highest BCUT2D eigenvalue weighted by Gasteiger charge is 2.39. The van der Waals surface area contributed by atoms with Crippen LogP contribution < -0.4 is 5.32 Å². The highest BCUT2D eigenvalue weighted by Crippen LogP contribution is 2.34. The molecule has 0 aromatic rings. The molecule has 0 aromatic heterocycles. The molecule has 13 heavy (non-hydrogen) atoms. The lowest BCUT2D eigenvalue weighted by Gasteiger charge is -2.33. The van der Waals surface area contributed by atoms with E-state index in [0.717, 1.165) is 18.0 Å². The first kappa shape index (κ1) is 9.47. The van der Waals surface area contributed by atoms with E-state index in [1.807, 2.05) is 0 Å². The molecule has 0 saturated carbocycles. The minimum absolute atomic E-state index is 0.875. The summed E-state index contributed by atoms with van der Waals surface area (Å²) in [6, 6.07) is 1.77. The molecular formula is C11H22N2. The van der Waals surface area contributed by atoms with Gasteiger partial charge in [0.2, 0.25) is 0 Å². The number of hydrogen-bond donors (Lipinski definition) is 1. The van der Waals surface area contributed by atoms with E-state index in [0.29, 0.717) is 0 Å². The van der Waals surface area contributed by atoms with E-state index in [-0.39, 0.29) is 0 Å². The van der Waals surface area contributed by atoms with Crippen LogP contribution in [0.1, 0.15) is 33.1 Å². The first-order chi connectivity index (χ1) is 6.36. The van der Waals surface area contributed by atoms with E-state index >= 15 is 0 Å². The molecule has 2 fully saturated rings. The van der Waals surface area contributed by atoms with Crippen LogP contribution in [-0.2, 0) is 0 Å². The molecule has 0 amide bonds. The molecule has 0 bridgehead atoms. The first-order valence-electron chi connectivity index (χ1n) is 5.83. The Balaban J connectivity index is 2.05. The second-order valence-electron chi connectivity index (χ2n) is 4.45. The van der Waals surface area contributed by atoms with E-state index in [4.69, 9.17) is 0 Å². The zero-order valence-corrected chi connectivity index (χ0v) is 8.92. The molecule has 3 atom stereocenters. The third kappa shape index (κ3) is 1.62. The van der Waals surface area contributed by atoms with E-state index in [1.165, 1.54) is 38.9 Å². The van der Waals surface area contributed by atoms with Gasteiger partial charge < -0.3 is 5.32 Å². The summed E-state index contributed by atoms with van der Waals surface area (Å²) in [4.78, 5) is 2.74. The molecule has 0 aromatic carbocycles. The van der Waals surface area contributed by atoms with Crippen LogP contribution >= 0.6 is 0 Å². The van der Waals surface area contributed by atoms with Crippen molar-refractivity contribution >= 4 is 0 Å². The molecule has 2 rings (SSSR count). The number of fused-ring (bicyclic) bond motifs is 1. The maximum absolute atomic E-state index is 3.52. The van der Waals surface area contributed by atoms with Gasteiger partial charge in [-0.2, -0.15) is 0 Å². The van der Waals surface area contributed by atoms with Crippen molar-refractivity contribution in [3.8, 4) is 0 Å². The Morgan fingerprint density at radius 3 is 2.92 bits per heavy atom. The molecule has 2 aliphatic rings. The van der Waals surface area contributed by atoms with Gasteiger partial charge in [0.1, 0.15) is 0 Å². The Kier molecular flexibility index (Phi) is 2.89. The number of piperidine rings is 1. The Morgan fingerprint density at radius 2 is 2.23 bits per heavy atom. The SMILES string of the molecule is CCC1CC2CNCCC2N1CC. The van der Waals surface area contributed by atoms with Crippen LogP contribution in [0.15, 0.2) is 0 Å². The van der Waals surface area contributed by atoms with Gasteiger partial charge >= 0.3 is 0 Å². The first-order valence-corrected chi connectivity index (χ1v) is 5.83. The smallest absolute Gasteiger partial charge is 0.0151 e. The number of nitrogens with one attached hydrogen (secondary N) is 1. The van der Waals surface area contributed by atoms with Gasteiger partial charge in [-0.05, 0) is 44.8 Å². The van der Waals surface area contributed by atoms with Crippen molar-refractivity contribution in [2.24, 2.45) is 5.92 Å². The van der Waals surface area contributed by atoms with Crippen LogP contribution in [0.25, 0.3) is 0 Å². The van der Waals surface area contributed by atoms with Crippen molar-refractivity contribution < 1.29 is 0 Å². The van der Waals surface area contributed by atoms with Gasteiger partial charge in [-0.25, -0.2) is 0 Å². The Morgan fingerprint density at radius 1 is 1.38 bits per heavy atom. The lowest BCUT2D eigenvalue weighted by Crippen LogP contribution is -2.44. The van der Waals surface area contributed by atoms with Gasteiger partial charge in [-0.1, -0.05) is 13.8 Å². The quantitative estimate of drug-likeness (QED) is 0.695. The summed E-state index contributed by atoms with van der Waals surface area (Å²) in [6.07, 6.45) is 4.14. The summed E-state index contributed by atoms with van der Waals surface area (Å²) < 4.78 is 0. The number of hydrogen-bond acceptors (Lipinski definition) is 2. The van der Waals surface area contributed by atoms with E-state index in [9.17, 15) is 0 Å².